The maximum atomic E-state index is 10.8. The van der Waals surface area contributed by atoms with E-state index >= 15 is 0 Å². The first-order valence-corrected chi connectivity index (χ1v) is 7.68. The highest BCUT2D eigenvalue weighted by molar-refractivity contribution is 9.10. The van der Waals surface area contributed by atoms with Crippen molar-refractivity contribution in [2.24, 2.45) is 0 Å². The largest absolute Gasteiger partial charge is 0.404 e. The van der Waals surface area contributed by atoms with Crippen LogP contribution in [-0.2, 0) is 6.54 Å². The quantitative estimate of drug-likeness (QED) is 0.522. The number of hydrogen-bond acceptors (Lipinski definition) is 5. The van der Waals surface area contributed by atoms with Gasteiger partial charge in [0.2, 0.25) is 0 Å². The van der Waals surface area contributed by atoms with Gasteiger partial charge in [-0.3, -0.25) is 0 Å². The number of halogens is 1. The molecule has 0 atom stereocenters. The lowest BCUT2D eigenvalue weighted by Crippen LogP contribution is -2.01. The van der Waals surface area contributed by atoms with E-state index in [2.05, 4.69) is 26.0 Å². The van der Waals surface area contributed by atoms with Crippen molar-refractivity contribution < 1.29 is 4.92 Å². The zero-order valence-corrected chi connectivity index (χ0v) is 13.0. The minimum atomic E-state index is -0.517. The maximum Gasteiger partial charge on any atom is 0.404 e. The Labute approximate surface area is 132 Å². The summed E-state index contributed by atoms with van der Waals surface area (Å²) in [4.78, 5) is 14.8. The van der Waals surface area contributed by atoms with Crippen molar-refractivity contribution in [1.82, 2.24) is 14.8 Å². The minimum Gasteiger partial charge on any atom is -0.358 e. The Morgan fingerprint density at radius 1 is 1.33 bits per heavy atom. The number of nitrogens with zero attached hydrogens (tertiary/aromatic N) is 4. The first kappa shape index (κ1) is 13.9. The molecule has 0 unspecified atom stereocenters. The molecule has 3 rings (SSSR count). The molecule has 0 saturated carbocycles. The van der Waals surface area contributed by atoms with Crippen molar-refractivity contribution in [3.05, 3.63) is 62.2 Å². The van der Waals surface area contributed by atoms with Crippen molar-refractivity contribution in [2.45, 2.75) is 6.54 Å². The lowest BCUT2D eigenvalue weighted by molar-refractivity contribution is -0.390. The van der Waals surface area contributed by atoms with Crippen molar-refractivity contribution in [1.29, 1.82) is 0 Å². The molecule has 2 heterocycles. The summed E-state index contributed by atoms with van der Waals surface area (Å²) in [5.41, 5.74) is 1.88. The van der Waals surface area contributed by atoms with Crippen LogP contribution in [0.1, 0.15) is 5.69 Å². The Morgan fingerprint density at radius 2 is 2.10 bits per heavy atom. The molecule has 0 N–H and O–H groups in total. The summed E-state index contributed by atoms with van der Waals surface area (Å²) in [7, 11) is 0. The lowest BCUT2D eigenvalue weighted by Gasteiger charge is -1.94. The number of aromatic nitrogens is 3. The van der Waals surface area contributed by atoms with E-state index < -0.39 is 4.92 Å². The number of rotatable bonds is 4. The van der Waals surface area contributed by atoms with Gasteiger partial charge in [-0.1, -0.05) is 30.3 Å². The smallest absolute Gasteiger partial charge is 0.358 e. The van der Waals surface area contributed by atoms with E-state index in [-0.39, 0.29) is 5.82 Å². The third kappa shape index (κ3) is 3.01. The molecule has 0 fully saturated rings. The van der Waals surface area contributed by atoms with Crippen molar-refractivity contribution in [3.8, 4) is 10.6 Å². The van der Waals surface area contributed by atoms with Crippen molar-refractivity contribution in [3.63, 3.8) is 0 Å². The van der Waals surface area contributed by atoms with Gasteiger partial charge in [0.15, 0.2) is 0 Å². The van der Waals surface area contributed by atoms with Crippen LogP contribution in [0.25, 0.3) is 10.6 Å². The van der Waals surface area contributed by atoms with E-state index in [4.69, 9.17) is 0 Å². The van der Waals surface area contributed by atoms with Crippen LogP contribution in [0.4, 0.5) is 5.82 Å². The van der Waals surface area contributed by atoms with E-state index in [1.807, 2.05) is 35.7 Å². The Hall–Kier alpha value is -2.06. The number of thiazole rings is 1. The highest BCUT2D eigenvalue weighted by atomic mass is 79.9. The molecule has 0 radical (unpaired) electrons. The SMILES string of the molecule is O=[N+]([O-])c1nn(Cc2csc(-c3ccccc3)n2)cc1Br. The Kier molecular flexibility index (Phi) is 3.80. The first-order valence-electron chi connectivity index (χ1n) is 6.00. The van der Waals surface area contributed by atoms with Gasteiger partial charge in [-0.2, -0.15) is 4.68 Å². The molecule has 0 aliphatic heterocycles. The molecule has 8 heteroatoms. The van der Waals surface area contributed by atoms with E-state index in [1.165, 1.54) is 4.68 Å². The molecule has 0 saturated heterocycles. The van der Waals surface area contributed by atoms with Crippen LogP contribution in [0.2, 0.25) is 0 Å². The van der Waals surface area contributed by atoms with E-state index in [9.17, 15) is 10.1 Å². The van der Waals surface area contributed by atoms with Crippen LogP contribution >= 0.6 is 27.3 Å². The predicted octanol–water partition coefficient (Wildman–Crippen LogP) is 3.73. The fourth-order valence-corrected chi connectivity index (χ4v) is 3.13. The van der Waals surface area contributed by atoms with Gasteiger partial charge in [-0.15, -0.1) is 11.3 Å². The second-order valence-corrected chi connectivity index (χ2v) is 5.98. The maximum absolute atomic E-state index is 10.8. The average molecular weight is 365 g/mol. The molecule has 3 aromatic rings. The van der Waals surface area contributed by atoms with Gasteiger partial charge in [-0.05, 0) is 20.9 Å². The van der Waals surface area contributed by atoms with Gasteiger partial charge < -0.3 is 10.1 Å². The van der Waals surface area contributed by atoms with Gasteiger partial charge in [0.05, 0.1) is 17.0 Å². The molecule has 106 valence electrons. The normalized spacial score (nSPS) is 10.7. The summed E-state index contributed by atoms with van der Waals surface area (Å²) >= 11 is 4.67. The summed E-state index contributed by atoms with van der Waals surface area (Å²) in [5.74, 6) is -0.187. The summed E-state index contributed by atoms with van der Waals surface area (Å²) in [5, 5.41) is 17.5. The van der Waals surface area contributed by atoms with Crippen LogP contribution in [0.5, 0.6) is 0 Å². The summed E-state index contributed by atoms with van der Waals surface area (Å²) in [6.07, 6.45) is 1.58. The van der Waals surface area contributed by atoms with Crippen LogP contribution in [-0.4, -0.2) is 19.7 Å². The monoisotopic (exact) mass is 364 g/mol. The summed E-state index contributed by atoms with van der Waals surface area (Å²) < 4.78 is 1.87. The third-order valence-electron chi connectivity index (χ3n) is 2.77. The second-order valence-electron chi connectivity index (χ2n) is 4.27. The number of benzene rings is 1. The minimum absolute atomic E-state index is 0.187. The second kappa shape index (κ2) is 5.74. The van der Waals surface area contributed by atoms with Crippen LogP contribution in [0, 0.1) is 10.1 Å². The molecule has 0 amide bonds. The molecular weight excluding hydrogens is 356 g/mol. The predicted molar refractivity (Wildman–Crippen MR) is 83.2 cm³/mol. The highest BCUT2D eigenvalue weighted by Crippen LogP contribution is 2.25. The average Bonchev–Trinajstić information content (AvgIpc) is 3.07. The van der Waals surface area contributed by atoms with Gasteiger partial charge in [0, 0.05) is 10.9 Å². The molecule has 1 aromatic carbocycles. The molecule has 0 aliphatic rings. The van der Waals surface area contributed by atoms with Crippen molar-refractivity contribution >= 4 is 33.1 Å². The molecule has 6 nitrogen and oxygen atoms in total. The zero-order valence-electron chi connectivity index (χ0n) is 10.6. The molecule has 0 spiro atoms. The Balaban J connectivity index is 1.82. The standard InChI is InChI=1S/C13H9BrN4O2S/c14-11-7-17(16-12(11)18(19)20)6-10-8-21-13(15-10)9-4-2-1-3-5-9/h1-5,7-8H,6H2. The molecule has 21 heavy (non-hydrogen) atoms. The van der Waals surface area contributed by atoms with Gasteiger partial charge >= 0.3 is 5.82 Å². The first-order chi connectivity index (χ1) is 10.1. The fraction of sp³-hybridized carbons (Fsp3) is 0.0769. The molecule has 2 aromatic heterocycles. The van der Waals surface area contributed by atoms with E-state index in [0.29, 0.717) is 11.0 Å². The topological polar surface area (TPSA) is 73.8 Å². The van der Waals surface area contributed by atoms with Crippen LogP contribution < -0.4 is 0 Å². The fourth-order valence-electron chi connectivity index (χ4n) is 1.85. The summed E-state index contributed by atoms with van der Waals surface area (Å²) in [6.45, 7) is 0.399. The highest BCUT2D eigenvalue weighted by Gasteiger charge is 2.19. The van der Waals surface area contributed by atoms with Crippen molar-refractivity contribution in [2.75, 3.05) is 0 Å². The van der Waals surface area contributed by atoms with Gasteiger partial charge in [-0.25, -0.2) is 4.98 Å². The van der Waals surface area contributed by atoms with Gasteiger partial charge in [0.1, 0.15) is 16.0 Å². The van der Waals surface area contributed by atoms with Crippen LogP contribution in [0.15, 0.2) is 46.4 Å². The molecule has 0 aliphatic carbocycles. The Bertz CT molecular complexity index is 785. The number of hydrogen-bond donors (Lipinski definition) is 0. The Morgan fingerprint density at radius 3 is 2.76 bits per heavy atom. The lowest BCUT2D eigenvalue weighted by atomic mass is 10.2. The van der Waals surface area contributed by atoms with E-state index in [1.54, 1.807) is 17.5 Å². The van der Waals surface area contributed by atoms with Gasteiger partial charge in [0.25, 0.3) is 0 Å². The third-order valence-corrected chi connectivity index (χ3v) is 4.27. The number of nitro groups is 1. The molecular formula is C13H9BrN4O2S. The molecule has 0 bridgehead atoms. The summed E-state index contributed by atoms with van der Waals surface area (Å²) in [6, 6.07) is 9.88. The van der Waals surface area contributed by atoms with E-state index in [0.717, 1.165) is 16.3 Å². The zero-order chi connectivity index (χ0) is 14.8. The van der Waals surface area contributed by atoms with Crippen LogP contribution in [0.3, 0.4) is 0 Å².